The minimum Gasteiger partial charge on any atom is -0.304 e. The molecule has 0 radical (unpaired) electrons. The molecular formula is C18H23N5. The van der Waals surface area contributed by atoms with Crippen LogP contribution in [0.25, 0.3) is 5.65 Å². The van der Waals surface area contributed by atoms with E-state index in [1.54, 1.807) is 0 Å². The maximum absolute atomic E-state index is 4.53. The van der Waals surface area contributed by atoms with Gasteiger partial charge in [0.2, 0.25) is 0 Å². The average molecular weight is 309 g/mol. The molecule has 23 heavy (non-hydrogen) atoms. The maximum Gasteiger partial charge on any atom is 0.137 e. The Kier molecular flexibility index (Phi) is 3.65. The fourth-order valence-electron chi connectivity index (χ4n) is 3.60. The molecule has 1 unspecified atom stereocenters. The van der Waals surface area contributed by atoms with Crippen LogP contribution in [0.15, 0.2) is 30.7 Å². The lowest BCUT2D eigenvalue weighted by Crippen LogP contribution is -2.25. The molecule has 1 aliphatic carbocycles. The number of aromatic nitrogens is 4. The Morgan fingerprint density at radius 1 is 1.35 bits per heavy atom. The second-order valence-electron chi connectivity index (χ2n) is 6.37. The average Bonchev–Trinajstić information content (AvgIpc) is 3.16. The van der Waals surface area contributed by atoms with Gasteiger partial charge in [-0.1, -0.05) is 0 Å². The molecule has 4 rings (SSSR count). The third-order valence-electron chi connectivity index (χ3n) is 4.84. The molecule has 0 saturated heterocycles. The van der Waals surface area contributed by atoms with Crippen LogP contribution in [0.5, 0.6) is 0 Å². The Hall–Kier alpha value is -2.14. The van der Waals surface area contributed by atoms with Gasteiger partial charge >= 0.3 is 0 Å². The van der Waals surface area contributed by atoms with Gasteiger partial charge in [0.1, 0.15) is 5.65 Å². The van der Waals surface area contributed by atoms with E-state index in [2.05, 4.69) is 56.7 Å². The highest BCUT2D eigenvalue weighted by Gasteiger charge is 2.23. The van der Waals surface area contributed by atoms with Crippen molar-refractivity contribution in [1.29, 1.82) is 0 Å². The highest BCUT2D eigenvalue weighted by atomic mass is 15.3. The van der Waals surface area contributed by atoms with E-state index in [1.165, 1.54) is 35.4 Å². The molecule has 0 spiro atoms. The quantitative estimate of drug-likeness (QED) is 0.806. The van der Waals surface area contributed by atoms with Gasteiger partial charge in [0.05, 0.1) is 18.1 Å². The summed E-state index contributed by atoms with van der Waals surface area (Å²) >= 11 is 0. The number of hydrogen-bond donors (Lipinski definition) is 1. The number of nitrogens with zero attached hydrogens (tertiary/aromatic N) is 4. The van der Waals surface area contributed by atoms with Gasteiger partial charge in [0.25, 0.3) is 0 Å². The second-order valence-corrected chi connectivity index (χ2v) is 6.37. The Labute approximate surface area is 136 Å². The normalized spacial score (nSPS) is 17.6. The van der Waals surface area contributed by atoms with Crippen molar-refractivity contribution in [2.75, 3.05) is 0 Å². The summed E-state index contributed by atoms with van der Waals surface area (Å²) in [5.74, 6) is 0. The SMILES string of the molecule is CCn1ncc2c1CCCC2NCc1cnc2cc(C)ccn12. The molecule has 3 aromatic rings. The molecule has 0 saturated carbocycles. The summed E-state index contributed by atoms with van der Waals surface area (Å²) < 4.78 is 4.30. The van der Waals surface area contributed by atoms with Gasteiger partial charge in [0.15, 0.2) is 0 Å². The molecule has 1 N–H and O–H groups in total. The zero-order valence-corrected chi connectivity index (χ0v) is 13.8. The van der Waals surface area contributed by atoms with Crippen LogP contribution in [0, 0.1) is 6.92 Å². The Balaban J connectivity index is 1.54. The van der Waals surface area contributed by atoms with Gasteiger partial charge in [0, 0.05) is 36.6 Å². The lowest BCUT2D eigenvalue weighted by molar-refractivity contribution is 0.445. The highest BCUT2D eigenvalue weighted by molar-refractivity contribution is 5.43. The summed E-state index contributed by atoms with van der Waals surface area (Å²) in [7, 11) is 0. The molecule has 5 nitrogen and oxygen atoms in total. The van der Waals surface area contributed by atoms with Gasteiger partial charge in [-0.05, 0) is 50.8 Å². The number of fused-ring (bicyclic) bond motifs is 2. The Morgan fingerprint density at radius 3 is 3.13 bits per heavy atom. The van der Waals surface area contributed by atoms with Gasteiger partial charge in [-0.2, -0.15) is 5.10 Å². The zero-order valence-electron chi connectivity index (χ0n) is 13.8. The van der Waals surface area contributed by atoms with Crippen molar-refractivity contribution in [2.24, 2.45) is 0 Å². The van der Waals surface area contributed by atoms with E-state index in [4.69, 9.17) is 0 Å². The number of rotatable bonds is 4. The monoisotopic (exact) mass is 309 g/mol. The first kappa shape index (κ1) is 14.5. The minimum absolute atomic E-state index is 0.398. The van der Waals surface area contributed by atoms with Crippen molar-refractivity contribution in [3.8, 4) is 0 Å². The number of aryl methyl sites for hydroxylation is 2. The molecule has 120 valence electrons. The van der Waals surface area contributed by atoms with E-state index in [0.29, 0.717) is 6.04 Å². The van der Waals surface area contributed by atoms with Gasteiger partial charge in [-0.15, -0.1) is 0 Å². The van der Waals surface area contributed by atoms with Crippen molar-refractivity contribution >= 4 is 5.65 Å². The van der Waals surface area contributed by atoms with Crippen LogP contribution in [0.4, 0.5) is 0 Å². The van der Waals surface area contributed by atoms with Gasteiger partial charge in [-0.3, -0.25) is 4.68 Å². The van der Waals surface area contributed by atoms with Crippen LogP contribution < -0.4 is 5.32 Å². The molecule has 0 aliphatic heterocycles. The van der Waals surface area contributed by atoms with E-state index < -0.39 is 0 Å². The first-order valence-electron chi connectivity index (χ1n) is 8.47. The van der Waals surface area contributed by atoms with Crippen LogP contribution in [0.1, 0.15) is 48.3 Å². The molecule has 0 amide bonds. The lowest BCUT2D eigenvalue weighted by atomic mass is 9.93. The number of imidazole rings is 1. The fourth-order valence-corrected chi connectivity index (χ4v) is 3.60. The van der Waals surface area contributed by atoms with Crippen molar-refractivity contribution < 1.29 is 0 Å². The summed E-state index contributed by atoms with van der Waals surface area (Å²) in [6, 6.07) is 4.64. The minimum atomic E-state index is 0.398. The maximum atomic E-state index is 4.53. The van der Waals surface area contributed by atoms with Crippen molar-refractivity contribution in [3.63, 3.8) is 0 Å². The molecule has 3 heterocycles. The summed E-state index contributed by atoms with van der Waals surface area (Å²) in [5.41, 5.74) is 6.25. The third kappa shape index (κ3) is 2.55. The predicted octanol–water partition coefficient (Wildman–Crippen LogP) is 3.03. The molecule has 0 fully saturated rings. The molecule has 3 aromatic heterocycles. The van der Waals surface area contributed by atoms with E-state index in [9.17, 15) is 0 Å². The fraction of sp³-hybridized carbons (Fsp3) is 0.444. The van der Waals surface area contributed by atoms with Crippen LogP contribution in [-0.2, 0) is 19.5 Å². The summed E-state index contributed by atoms with van der Waals surface area (Å²) in [6.45, 7) is 6.03. The third-order valence-corrected chi connectivity index (χ3v) is 4.84. The number of hydrogen-bond acceptors (Lipinski definition) is 3. The van der Waals surface area contributed by atoms with E-state index in [-0.39, 0.29) is 0 Å². The van der Waals surface area contributed by atoms with Crippen molar-refractivity contribution in [2.45, 2.75) is 52.2 Å². The molecule has 0 bridgehead atoms. The molecule has 5 heteroatoms. The topological polar surface area (TPSA) is 47.2 Å². The van der Waals surface area contributed by atoms with Crippen molar-refractivity contribution in [1.82, 2.24) is 24.5 Å². The number of nitrogens with one attached hydrogen (secondary N) is 1. The van der Waals surface area contributed by atoms with Crippen LogP contribution in [0.3, 0.4) is 0 Å². The van der Waals surface area contributed by atoms with Crippen LogP contribution >= 0.6 is 0 Å². The lowest BCUT2D eigenvalue weighted by Gasteiger charge is -2.24. The highest BCUT2D eigenvalue weighted by Crippen LogP contribution is 2.29. The Morgan fingerprint density at radius 2 is 2.26 bits per heavy atom. The van der Waals surface area contributed by atoms with Crippen LogP contribution in [0.2, 0.25) is 0 Å². The predicted molar refractivity (Wildman–Crippen MR) is 90.3 cm³/mol. The molecular weight excluding hydrogens is 286 g/mol. The molecule has 1 aliphatic rings. The first-order chi connectivity index (χ1) is 11.3. The van der Waals surface area contributed by atoms with E-state index in [0.717, 1.165) is 25.2 Å². The van der Waals surface area contributed by atoms with Crippen LogP contribution in [-0.4, -0.2) is 19.2 Å². The first-order valence-corrected chi connectivity index (χ1v) is 8.47. The summed E-state index contributed by atoms with van der Waals surface area (Å²) in [4.78, 5) is 4.51. The number of pyridine rings is 1. The van der Waals surface area contributed by atoms with E-state index in [1.807, 2.05) is 12.4 Å². The molecule has 0 aromatic carbocycles. The summed E-state index contributed by atoms with van der Waals surface area (Å²) in [5, 5.41) is 8.24. The zero-order chi connectivity index (χ0) is 15.8. The van der Waals surface area contributed by atoms with E-state index >= 15 is 0 Å². The second kappa shape index (κ2) is 5.81. The van der Waals surface area contributed by atoms with Gasteiger partial charge < -0.3 is 9.72 Å². The molecule has 1 atom stereocenters. The standard InChI is InChI=1S/C18H23N5/c1-3-23-17-6-4-5-16(15(17)12-21-23)19-10-14-11-20-18-9-13(2)7-8-22(14)18/h7-9,11-12,16,19H,3-6,10H2,1-2H3. The van der Waals surface area contributed by atoms with Crippen molar-refractivity contribution in [3.05, 3.63) is 53.2 Å². The summed E-state index contributed by atoms with van der Waals surface area (Å²) in [6.07, 6.45) is 9.68. The largest absolute Gasteiger partial charge is 0.304 e. The Bertz CT molecular complexity index is 829. The smallest absolute Gasteiger partial charge is 0.137 e. The van der Waals surface area contributed by atoms with Gasteiger partial charge in [-0.25, -0.2) is 4.98 Å².